The Labute approximate surface area is 135 Å². The summed E-state index contributed by atoms with van der Waals surface area (Å²) in [6.45, 7) is 12.6. The van der Waals surface area contributed by atoms with Gasteiger partial charge in [-0.15, -0.1) is 11.6 Å². The van der Waals surface area contributed by atoms with Crippen LogP contribution in [0.3, 0.4) is 0 Å². The lowest BCUT2D eigenvalue weighted by atomic mass is 9.95. The molecule has 0 saturated heterocycles. The number of hydrogen-bond donors (Lipinski definition) is 0. The first-order valence-electron chi connectivity index (χ1n) is 7.86. The molecule has 0 bridgehead atoms. The average Bonchev–Trinajstić information content (AvgIpc) is 2.34. The molecule has 0 spiro atoms. The predicted octanol–water partition coefficient (Wildman–Crippen LogP) is 5.66. The summed E-state index contributed by atoms with van der Waals surface area (Å²) in [6.07, 6.45) is 8.19. The fraction of sp³-hybridized carbons (Fsp3) is 0.722. The number of carbonyl (C=O) groups is 1. The predicted molar refractivity (Wildman–Crippen MR) is 91.7 cm³/mol. The molecule has 0 N–H and O–H groups in total. The molecule has 21 heavy (non-hydrogen) atoms. The van der Waals surface area contributed by atoms with Gasteiger partial charge in [0.25, 0.3) is 0 Å². The van der Waals surface area contributed by atoms with Crippen molar-refractivity contribution in [2.45, 2.75) is 72.1 Å². The summed E-state index contributed by atoms with van der Waals surface area (Å²) in [5.74, 6) is 0.370. The van der Waals surface area contributed by atoms with Crippen LogP contribution in [0.25, 0.3) is 0 Å². The van der Waals surface area contributed by atoms with E-state index in [0.29, 0.717) is 12.5 Å². The largest absolute Gasteiger partial charge is 0.463 e. The van der Waals surface area contributed by atoms with Gasteiger partial charge < -0.3 is 4.74 Å². The van der Waals surface area contributed by atoms with Gasteiger partial charge in [0.05, 0.1) is 6.61 Å². The Morgan fingerprint density at radius 1 is 1.29 bits per heavy atom. The first-order valence-corrected chi connectivity index (χ1v) is 8.24. The zero-order valence-electron chi connectivity index (χ0n) is 14.5. The van der Waals surface area contributed by atoms with Gasteiger partial charge in [0.1, 0.15) is 0 Å². The van der Waals surface area contributed by atoms with E-state index in [1.54, 1.807) is 6.08 Å². The van der Waals surface area contributed by atoms with Crippen LogP contribution >= 0.6 is 11.6 Å². The van der Waals surface area contributed by atoms with Gasteiger partial charge in [0.2, 0.25) is 0 Å². The average molecular weight is 315 g/mol. The lowest BCUT2D eigenvalue weighted by molar-refractivity contribution is -0.137. The van der Waals surface area contributed by atoms with E-state index in [-0.39, 0.29) is 10.8 Å². The molecule has 0 rings (SSSR count). The van der Waals surface area contributed by atoms with Crippen LogP contribution in [-0.2, 0) is 9.53 Å². The molecule has 0 aromatic rings. The van der Waals surface area contributed by atoms with Crippen LogP contribution < -0.4 is 0 Å². The maximum Gasteiger partial charge on any atom is 0.331 e. The second-order valence-corrected chi connectivity index (χ2v) is 7.44. The standard InChI is InChI=1S/C18H31ClO2/c1-7-21-17(20)13-16(4)15(3)11-10-14(2)9-8-12-18(5,6)19/h11,13-14H,7-10,12H2,1-6H3. The number of hydrogen-bond acceptors (Lipinski definition) is 2. The molecule has 0 aromatic heterocycles. The molecule has 3 heteroatoms. The third-order valence-corrected chi connectivity index (χ3v) is 3.73. The van der Waals surface area contributed by atoms with Gasteiger partial charge in [-0.05, 0) is 59.0 Å². The van der Waals surface area contributed by atoms with Crippen molar-refractivity contribution in [1.29, 1.82) is 0 Å². The summed E-state index contributed by atoms with van der Waals surface area (Å²) in [6, 6.07) is 0. The number of allylic oxidation sites excluding steroid dienone is 3. The van der Waals surface area contributed by atoms with Gasteiger partial charge in [-0.2, -0.15) is 0 Å². The van der Waals surface area contributed by atoms with Crippen molar-refractivity contribution < 1.29 is 9.53 Å². The first-order chi connectivity index (χ1) is 9.65. The first kappa shape index (κ1) is 20.2. The molecule has 122 valence electrons. The van der Waals surface area contributed by atoms with Crippen molar-refractivity contribution in [2.75, 3.05) is 6.61 Å². The number of esters is 1. The minimum absolute atomic E-state index is 0.0928. The van der Waals surface area contributed by atoms with Crippen LogP contribution in [0.15, 0.2) is 23.3 Å². The van der Waals surface area contributed by atoms with Crippen LogP contribution in [0.5, 0.6) is 0 Å². The summed E-state index contributed by atoms with van der Waals surface area (Å²) in [7, 11) is 0. The molecular formula is C18H31ClO2. The third-order valence-electron chi connectivity index (χ3n) is 3.54. The number of alkyl halides is 1. The topological polar surface area (TPSA) is 26.3 Å². The van der Waals surface area contributed by atoms with Crippen molar-refractivity contribution in [2.24, 2.45) is 5.92 Å². The van der Waals surface area contributed by atoms with Crippen LogP contribution in [-0.4, -0.2) is 17.5 Å². The van der Waals surface area contributed by atoms with Crippen LogP contribution in [0.1, 0.15) is 67.2 Å². The van der Waals surface area contributed by atoms with Gasteiger partial charge in [-0.3, -0.25) is 0 Å². The highest BCUT2D eigenvalue weighted by Crippen LogP contribution is 2.23. The zero-order valence-corrected chi connectivity index (χ0v) is 15.2. The number of halogens is 1. The summed E-state index contributed by atoms with van der Waals surface area (Å²) in [4.78, 5) is 11.3. The van der Waals surface area contributed by atoms with Crippen molar-refractivity contribution >= 4 is 17.6 Å². The van der Waals surface area contributed by atoms with E-state index in [4.69, 9.17) is 16.3 Å². The van der Waals surface area contributed by atoms with E-state index in [1.807, 2.05) is 20.8 Å². The lowest BCUT2D eigenvalue weighted by Gasteiger charge is -2.16. The van der Waals surface area contributed by atoms with Crippen molar-refractivity contribution in [3.8, 4) is 0 Å². The maximum atomic E-state index is 11.4. The smallest absolute Gasteiger partial charge is 0.331 e. The minimum Gasteiger partial charge on any atom is -0.463 e. The Morgan fingerprint density at radius 3 is 2.43 bits per heavy atom. The summed E-state index contributed by atoms with van der Waals surface area (Å²) < 4.78 is 4.92. The van der Waals surface area contributed by atoms with E-state index >= 15 is 0 Å². The third kappa shape index (κ3) is 11.6. The maximum absolute atomic E-state index is 11.4. The minimum atomic E-state index is -0.264. The molecule has 0 radical (unpaired) electrons. The van der Waals surface area contributed by atoms with E-state index in [9.17, 15) is 4.79 Å². The number of rotatable bonds is 9. The molecular weight excluding hydrogens is 284 g/mol. The van der Waals surface area contributed by atoms with Gasteiger partial charge in [0.15, 0.2) is 0 Å². The fourth-order valence-corrected chi connectivity index (χ4v) is 2.14. The summed E-state index contributed by atoms with van der Waals surface area (Å²) >= 11 is 6.20. The van der Waals surface area contributed by atoms with Crippen molar-refractivity contribution in [1.82, 2.24) is 0 Å². The molecule has 0 amide bonds. The number of ether oxygens (including phenoxy) is 1. The summed E-state index contributed by atoms with van der Waals surface area (Å²) in [5.41, 5.74) is 2.12. The molecule has 2 nitrogen and oxygen atoms in total. The molecule has 0 fully saturated rings. The quantitative estimate of drug-likeness (QED) is 0.238. The van der Waals surface area contributed by atoms with Crippen molar-refractivity contribution in [3.05, 3.63) is 23.3 Å². The monoisotopic (exact) mass is 314 g/mol. The molecule has 0 aliphatic heterocycles. The van der Waals surface area contributed by atoms with E-state index < -0.39 is 0 Å². The van der Waals surface area contributed by atoms with Crippen LogP contribution in [0.4, 0.5) is 0 Å². The van der Waals surface area contributed by atoms with E-state index in [0.717, 1.165) is 30.4 Å². The van der Waals surface area contributed by atoms with E-state index in [2.05, 4.69) is 26.8 Å². The highest BCUT2D eigenvalue weighted by atomic mass is 35.5. The van der Waals surface area contributed by atoms with Gasteiger partial charge in [-0.1, -0.05) is 31.4 Å². The fourth-order valence-electron chi connectivity index (χ4n) is 2.00. The van der Waals surface area contributed by atoms with Gasteiger partial charge in [-0.25, -0.2) is 4.79 Å². The molecule has 0 aliphatic rings. The Morgan fingerprint density at radius 2 is 1.90 bits per heavy atom. The molecule has 0 aliphatic carbocycles. The van der Waals surface area contributed by atoms with E-state index in [1.165, 1.54) is 6.42 Å². The highest BCUT2D eigenvalue weighted by Gasteiger charge is 2.13. The number of carbonyl (C=O) groups excluding carboxylic acids is 1. The van der Waals surface area contributed by atoms with Crippen LogP contribution in [0, 0.1) is 5.92 Å². The Bertz CT molecular complexity index is 375. The molecule has 1 atom stereocenters. The van der Waals surface area contributed by atoms with Crippen molar-refractivity contribution in [3.63, 3.8) is 0 Å². The zero-order chi connectivity index (χ0) is 16.5. The molecule has 0 aromatic carbocycles. The Balaban J connectivity index is 4.23. The molecule has 0 heterocycles. The normalized spacial score (nSPS) is 15.0. The van der Waals surface area contributed by atoms with Crippen LogP contribution in [0.2, 0.25) is 0 Å². The Kier molecular flexibility index (Phi) is 9.68. The highest BCUT2D eigenvalue weighted by molar-refractivity contribution is 6.23. The van der Waals surface area contributed by atoms with Gasteiger partial charge >= 0.3 is 5.97 Å². The Hall–Kier alpha value is -0.760. The SMILES string of the molecule is CCOC(=O)C=C(C)C(C)=CCC(C)CCCC(C)(C)Cl. The lowest BCUT2D eigenvalue weighted by Crippen LogP contribution is -2.10. The summed E-state index contributed by atoms with van der Waals surface area (Å²) in [5, 5.41) is 0. The second kappa shape index (κ2) is 10.0. The van der Waals surface area contributed by atoms with Gasteiger partial charge in [0, 0.05) is 11.0 Å². The molecule has 1 unspecified atom stereocenters. The molecule has 0 saturated carbocycles. The second-order valence-electron chi connectivity index (χ2n) is 6.42.